The number of aromatic nitrogens is 7. The van der Waals surface area contributed by atoms with Gasteiger partial charge in [0.1, 0.15) is 17.6 Å². The molecular weight excluding hydrogens is 508 g/mol. The van der Waals surface area contributed by atoms with Crippen molar-refractivity contribution < 1.29 is 9.90 Å². The predicted molar refractivity (Wildman–Crippen MR) is 147 cm³/mol. The number of imidazole rings is 1. The summed E-state index contributed by atoms with van der Waals surface area (Å²) in [4.78, 5) is 25.4. The highest BCUT2D eigenvalue weighted by Crippen LogP contribution is 2.35. The minimum atomic E-state index is -0.323. The molecule has 2 atom stereocenters. The molecule has 40 heavy (non-hydrogen) atoms. The SMILES string of the molecule is CC(=O)NC1CCC(c2nc(-c3cnc(-c4cnc5cc(C#N)cnn45)cc3N[C@H]3CCC[C@H](O)C3)n[nH]2)CC1. The first-order valence-corrected chi connectivity index (χ1v) is 13.9. The summed E-state index contributed by atoms with van der Waals surface area (Å²) in [5.74, 6) is 1.68. The van der Waals surface area contributed by atoms with E-state index in [0.29, 0.717) is 34.8 Å². The predicted octanol–water partition coefficient (Wildman–Crippen LogP) is 3.33. The molecule has 1 amide bonds. The number of fused-ring (bicyclic) bond motifs is 1. The molecule has 4 aromatic heterocycles. The van der Waals surface area contributed by atoms with Crippen molar-refractivity contribution in [2.75, 3.05) is 5.32 Å². The zero-order chi connectivity index (χ0) is 27.6. The maximum Gasteiger partial charge on any atom is 0.217 e. The standard InChI is InChI=1S/C28H32N10O2/c1-16(39)33-19-7-5-18(6-8-19)27-35-28(37-36-27)22-14-30-24(11-23(22)34-20-3-2-4-21(40)10-20)25-15-31-26-9-17(12-29)13-32-38(25)26/h9,11,13-15,18-21,40H,2-8,10H2,1H3,(H,30,34)(H,33,39)(H,35,36,37)/t18?,19?,20-,21-/m0/s1. The second kappa shape index (κ2) is 11.0. The Morgan fingerprint density at radius 2 is 1.95 bits per heavy atom. The van der Waals surface area contributed by atoms with Gasteiger partial charge < -0.3 is 15.7 Å². The van der Waals surface area contributed by atoms with E-state index in [1.807, 2.05) is 6.07 Å². The molecule has 0 aliphatic heterocycles. The van der Waals surface area contributed by atoms with Gasteiger partial charge in [-0.2, -0.15) is 15.5 Å². The molecule has 4 heterocycles. The van der Waals surface area contributed by atoms with Crippen LogP contribution in [0.15, 0.2) is 30.7 Å². The number of aliphatic hydroxyl groups excluding tert-OH is 1. The first-order valence-electron chi connectivity index (χ1n) is 13.9. The smallest absolute Gasteiger partial charge is 0.217 e. The van der Waals surface area contributed by atoms with Crippen LogP contribution in [0.4, 0.5) is 5.69 Å². The Morgan fingerprint density at radius 3 is 2.73 bits per heavy atom. The minimum Gasteiger partial charge on any atom is -0.393 e. The van der Waals surface area contributed by atoms with Crippen LogP contribution in [-0.2, 0) is 4.79 Å². The third-order valence-electron chi connectivity index (χ3n) is 7.93. The first kappa shape index (κ1) is 25.9. The molecule has 2 fully saturated rings. The molecule has 2 aliphatic rings. The lowest BCUT2D eigenvalue weighted by Gasteiger charge is -2.28. The number of anilines is 1. The lowest BCUT2D eigenvalue weighted by Crippen LogP contribution is -2.35. The number of nitrogens with zero attached hydrogens (tertiary/aromatic N) is 7. The van der Waals surface area contributed by atoms with E-state index >= 15 is 0 Å². The van der Waals surface area contributed by atoms with Gasteiger partial charge in [0.05, 0.1) is 35.3 Å². The van der Waals surface area contributed by atoms with Crippen molar-refractivity contribution in [1.82, 2.24) is 40.1 Å². The van der Waals surface area contributed by atoms with Crippen LogP contribution in [0.1, 0.15) is 75.6 Å². The fraction of sp³-hybridized carbons (Fsp3) is 0.464. The second-order valence-corrected chi connectivity index (χ2v) is 10.8. The number of carbonyl (C=O) groups excluding carboxylic acids is 1. The van der Waals surface area contributed by atoms with Gasteiger partial charge in [0.25, 0.3) is 0 Å². The molecule has 206 valence electrons. The van der Waals surface area contributed by atoms with Crippen LogP contribution >= 0.6 is 0 Å². The third kappa shape index (κ3) is 5.37. The molecule has 0 radical (unpaired) electrons. The number of hydrogen-bond donors (Lipinski definition) is 4. The minimum absolute atomic E-state index is 0.0125. The summed E-state index contributed by atoms with van der Waals surface area (Å²) in [7, 11) is 0. The summed E-state index contributed by atoms with van der Waals surface area (Å²) >= 11 is 0. The van der Waals surface area contributed by atoms with E-state index in [4.69, 9.17) is 9.97 Å². The number of carbonyl (C=O) groups is 1. The summed E-state index contributed by atoms with van der Waals surface area (Å²) in [6.45, 7) is 1.56. The van der Waals surface area contributed by atoms with E-state index < -0.39 is 0 Å². The van der Waals surface area contributed by atoms with Crippen molar-refractivity contribution in [3.63, 3.8) is 0 Å². The van der Waals surface area contributed by atoms with Gasteiger partial charge in [0.15, 0.2) is 11.5 Å². The highest BCUT2D eigenvalue weighted by atomic mass is 16.3. The van der Waals surface area contributed by atoms with Crippen LogP contribution < -0.4 is 10.6 Å². The topological polar surface area (TPSA) is 170 Å². The highest BCUT2D eigenvalue weighted by Gasteiger charge is 2.27. The van der Waals surface area contributed by atoms with E-state index in [1.54, 1.807) is 29.9 Å². The fourth-order valence-corrected chi connectivity index (χ4v) is 5.90. The van der Waals surface area contributed by atoms with Gasteiger partial charge in [-0.05, 0) is 57.4 Å². The molecule has 0 aromatic carbocycles. The van der Waals surface area contributed by atoms with Crippen molar-refractivity contribution in [3.8, 4) is 28.8 Å². The Bertz CT molecular complexity index is 1560. The van der Waals surface area contributed by atoms with Gasteiger partial charge in [-0.3, -0.25) is 14.9 Å². The number of pyridine rings is 1. The number of nitriles is 1. The van der Waals surface area contributed by atoms with Crippen LogP contribution in [0.25, 0.3) is 28.4 Å². The molecule has 6 rings (SSSR count). The number of H-pyrrole nitrogens is 1. The number of nitrogens with one attached hydrogen (secondary N) is 3. The summed E-state index contributed by atoms with van der Waals surface area (Å²) < 4.78 is 1.67. The summed E-state index contributed by atoms with van der Waals surface area (Å²) in [5.41, 5.74) is 3.97. The Hall–Kier alpha value is -4.37. The maximum atomic E-state index is 11.4. The quantitative estimate of drug-likeness (QED) is 0.286. The van der Waals surface area contributed by atoms with Crippen LogP contribution in [0.5, 0.6) is 0 Å². The average Bonchev–Trinajstić information content (AvgIpc) is 3.61. The molecule has 12 heteroatoms. The number of rotatable bonds is 6. The Morgan fingerprint density at radius 1 is 1.10 bits per heavy atom. The van der Waals surface area contributed by atoms with Gasteiger partial charge >= 0.3 is 0 Å². The second-order valence-electron chi connectivity index (χ2n) is 10.8. The van der Waals surface area contributed by atoms with Gasteiger partial charge in [-0.15, -0.1) is 0 Å². The van der Waals surface area contributed by atoms with Crippen molar-refractivity contribution in [2.45, 2.75) is 82.4 Å². The van der Waals surface area contributed by atoms with E-state index in [2.05, 4.69) is 37.0 Å². The van der Waals surface area contributed by atoms with E-state index in [0.717, 1.165) is 62.0 Å². The molecular formula is C28H32N10O2. The third-order valence-corrected chi connectivity index (χ3v) is 7.93. The fourth-order valence-electron chi connectivity index (χ4n) is 5.90. The molecule has 4 aromatic rings. The van der Waals surface area contributed by atoms with Crippen molar-refractivity contribution in [1.29, 1.82) is 5.26 Å². The Labute approximate surface area is 231 Å². The molecule has 0 saturated heterocycles. The lowest BCUT2D eigenvalue weighted by atomic mass is 9.85. The van der Waals surface area contributed by atoms with E-state index in [1.165, 1.54) is 6.20 Å². The van der Waals surface area contributed by atoms with E-state index in [9.17, 15) is 15.2 Å². The molecule has 0 bridgehead atoms. The van der Waals surface area contributed by atoms with Crippen LogP contribution in [-0.4, -0.2) is 64.0 Å². The number of amides is 1. The number of aromatic amines is 1. The molecule has 4 N–H and O–H groups in total. The monoisotopic (exact) mass is 540 g/mol. The molecule has 0 spiro atoms. The maximum absolute atomic E-state index is 11.4. The van der Waals surface area contributed by atoms with Gasteiger partial charge in [-0.25, -0.2) is 14.5 Å². The number of hydrogen-bond acceptors (Lipinski definition) is 9. The lowest BCUT2D eigenvalue weighted by molar-refractivity contribution is -0.119. The molecule has 12 nitrogen and oxygen atoms in total. The van der Waals surface area contributed by atoms with Crippen molar-refractivity contribution >= 4 is 17.2 Å². The normalized spacial score (nSPS) is 23.0. The summed E-state index contributed by atoms with van der Waals surface area (Å²) in [5, 5.41) is 38.2. The van der Waals surface area contributed by atoms with Crippen molar-refractivity contribution in [3.05, 3.63) is 42.1 Å². The van der Waals surface area contributed by atoms with Crippen LogP contribution in [0.2, 0.25) is 0 Å². The highest BCUT2D eigenvalue weighted by molar-refractivity contribution is 5.77. The van der Waals surface area contributed by atoms with Crippen molar-refractivity contribution in [2.24, 2.45) is 0 Å². The molecule has 2 saturated carbocycles. The van der Waals surface area contributed by atoms with E-state index in [-0.39, 0.29) is 30.0 Å². The first-order chi connectivity index (χ1) is 19.5. The number of aliphatic hydroxyl groups is 1. The Kier molecular flexibility index (Phi) is 7.13. The zero-order valence-electron chi connectivity index (χ0n) is 22.3. The van der Waals surface area contributed by atoms with Crippen LogP contribution in [0, 0.1) is 11.3 Å². The largest absolute Gasteiger partial charge is 0.393 e. The van der Waals surface area contributed by atoms with Gasteiger partial charge in [0, 0.05) is 42.9 Å². The van der Waals surface area contributed by atoms with Gasteiger partial charge in [-0.1, -0.05) is 0 Å². The van der Waals surface area contributed by atoms with Crippen LogP contribution in [0.3, 0.4) is 0 Å². The van der Waals surface area contributed by atoms with Gasteiger partial charge in [0.2, 0.25) is 5.91 Å². The Balaban J connectivity index is 1.30. The summed E-state index contributed by atoms with van der Waals surface area (Å²) in [6, 6.07) is 6.06. The molecule has 0 unspecified atom stereocenters. The summed E-state index contributed by atoms with van der Waals surface area (Å²) in [6.07, 6.45) is 11.7. The molecule has 2 aliphatic carbocycles. The zero-order valence-corrected chi connectivity index (χ0v) is 22.3. The average molecular weight is 541 g/mol.